The third-order valence-electron chi connectivity index (χ3n) is 3.58. The van der Waals surface area contributed by atoms with Gasteiger partial charge in [-0.3, -0.25) is 14.8 Å². The van der Waals surface area contributed by atoms with Gasteiger partial charge in [0.05, 0.1) is 11.4 Å². The number of thiophene rings is 1. The molecular formula is C18H15FN2O4S. The summed E-state index contributed by atoms with van der Waals surface area (Å²) < 4.78 is 19.5. The van der Waals surface area contributed by atoms with Crippen molar-refractivity contribution in [1.29, 1.82) is 0 Å². The smallest absolute Gasteiger partial charge is 0.274 e. The van der Waals surface area contributed by atoms with Crippen molar-refractivity contribution in [3.8, 4) is 5.75 Å². The molecule has 0 radical (unpaired) electrons. The van der Waals surface area contributed by atoms with Crippen LogP contribution in [0.2, 0.25) is 0 Å². The molecule has 0 spiro atoms. The van der Waals surface area contributed by atoms with Gasteiger partial charge in [-0.15, -0.1) is 11.3 Å². The first-order valence-electron chi connectivity index (χ1n) is 7.71. The number of carbonyl (C=O) groups excluding carboxylic acids is 2. The average Bonchev–Trinajstić information content (AvgIpc) is 3.08. The van der Waals surface area contributed by atoms with E-state index in [2.05, 4.69) is 5.32 Å². The third-order valence-corrected chi connectivity index (χ3v) is 4.69. The molecule has 1 heterocycles. The van der Waals surface area contributed by atoms with Crippen molar-refractivity contribution in [3.05, 3.63) is 64.8 Å². The van der Waals surface area contributed by atoms with Crippen LogP contribution in [0.3, 0.4) is 0 Å². The molecule has 0 bridgehead atoms. The lowest BCUT2D eigenvalue weighted by atomic mass is 10.2. The van der Waals surface area contributed by atoms with Crippen LogP contribution >= 0.6 is 11.3 Å². The van der Waals surface area contributed by atoms with E-state index < -0.39 is 5.91 Å². The first-order valence-corrected chi connectivity index (χ1v) is 8.53. The van der Waals surface area contributed by atoms with Gasteiger partial charge >= 0.3 is 0 Å². The first-order chi connectivity index (χ1) is 12.6. The van der Waals surface area contributed by atoms with Gasteiger partial charge in [0.15, 0.2) is 0 Å². The summed E-state index contributed by atoms with van der Waals surface area (Å²) in [5.74, 6) is -0.651. The van der Waals surface area contributed by atoms with Crippen LogP contribution in [0.1, 0.15) is 20.0 Å². The molecule has 8 heteroatoms. The normalized spacial score (nSPS) is 10.5. The number of hydrogen-bond acceptors (Lipinski definition) is 5. The molecule has 6 nitrogen and oxygen atoms in total. The second-order valence-electron chi connectivity index (χ2n) is 5.36. The van der Waals surface area contributed by atoms with Gasteiger partial charge in [-0.2, -0.15) is 0 Å². The molecule has 2 aromatic carbocycles. The van der Waals surface area contributed by atoms with Crippen LogP contribution in [0.15, 0.2) is 48.5 Å². The highest BCUT2D eigenvalue weighted by Crippen LogP contribution is 2.26. The van der Waals surface area contributed by atoms with Crippen LogP contribution < -0.4 is 15.5 Å². The van der Waals surface area contributed by atoms with Crippen LogP contribution in [0.5, 0.6) is 5.75 Å². The number of hydroxylamine groups is 1. The fourth-order valence-electron chi connectivity index (χ4n) is 2.31. The van der Waals surface area contributed by atoms with Crippen molar-refractivity contribution in [1.82, 2.24) is 10.8 Å². The predicted molar refractivity (Wildman–Crippen MR) is 95.3 cm³/mol. The Balaban J connectivity index is 1.49. The number of amides is 2. The molecular weight excluding hydrogens is 359 g/mol. The summed E-state index contributed by atoms with van der Waals surface area (Å²) in [5.41, 5.74) is 1.85. The Morgan fingerprint density at radius 3 is 2.58 bits per heavy atom. The molecule has 0 saturated carbocycles. The molecule has 3 aromatic rings. The Labute approximate surface area is 152 Å². The lowest BCUT2D eigenvalue weighted by Crippen LogP contribution is -2.27. The summed E-state index contributed by atoms with van der Waals surface area (Å²) in [4.78, 5) is 23.9. The number of halogens is 1. The molecule has 2 amide bonds. The molecule has 3 rings (SSSR count). The molecule has 0 unspecified atom stereocenters. The van der Waals surface area contributed by atoms with E-state index in [1.165, 1.54) is 35.6 Å². The summed E-state index contributed by atoms with van der Waals surface area (Å²) in [7, 11) is 0. The minimum absolute atomic E-state index is 0.245. The zero-order valence-corrected chi connectivity index (χ0v) is 14.3. The zero-order chi connectivity index (χ0) is 18.5. The minimum atomic E-state index is -0.605. The molecule has 1 aromatic heterocycles. The summed E-state index contributed by atoms with van der Waals surface area (Å²) in [6, 6.07) is 12.3. The summed E-state index contributed by atoms with van der Waals surface area (Å²) in [6.07, 6.45) is 0. The van der Waals surface area contributed by atoms with Crippen LogP contribution in [-0.2, 0) is 0 Å². The fourth-order valence-corrected chi connectivity index (χ4v) is 3.27. The highest BCUT2D eigenvalue weighted by Gasteiger charge is 2.10. The SMILES string of the molecule is O=C(NO)c1ccc(OCCNC(=O)c2cc3cc(F)ccc3s2)cc1. The molecule has 0 atom stereocenters. The van der Waals surface area contributed by atoms with Crippen molar-refractivity contribution in [3.63, 3.8) is 0 Å². The standard InChI is InChI=1S/C18H15FN2O4S/c19-13-3-6-15-12(9-13)10-16(26-15)18(23)20-7-8-25-14-4-1-11(2-5-14)17(22)21-24/h1-6,9-10,24H,7-8H2,(H,20,23)(H,21,22). The summed E-state index contributed by atoms with van der Waals surface area (Å²) >= 11 is 1.30. The maximum absolute atomic E-state index is 13.2. The maximum Gasteiger partial charge on any atom is 0.274 e. The average molecular weight is 374 g/mol. The van der Waals surface area contributed by atoms with Crippen LogP contribution in [0.4, 0.5) is 4.39 Å². The topological polar surface area (TPSA) is 87.7 Å². The van der Waals surface area contributed by atoms with Crippen molar-refractivity contribution in [2.24, 2.45) is 0 Å². The van der Waals surface area contributed by atoms with Gasteiger partial charge in [0, 0.05) is 10.3 Å². The number of hydrogen-bond donors (Lipinski definition) is 3. The van der Waals surface area contributed by atoms with Gasteiger partial charge in [0.2, 0.25) is 0 Å². The van der Waals surface area contributed by atoms with E-state index in [0.717, 1.165) is 4.70 Å². The minimum Gasteiger partial charge on any atom is -0.492 e. The summed E-state index contributed by atoms with van der Waals surface area (Å²) in [5, 5.41) is 12.0. The first kappa shape index (κ1) is 17.8. The van der Waals surface area contributed by atoms with Crippen molar-refractivity contribution in [2.75, 3.05) is 13.2 Å². The number of fused-ring (bicyclic) bond motifs is 1. The van der Waals surface area contributed by atoms with Gasteiger partial charge in [0.25, 0.3) is 11.8 Å². The Hall–Kier alpha value is -2.97. The number of rotatable bonds is 6. The number of carbonyl (C=O) groups is 2. The Kier molecular flexibility index (Phi) is 5.45. The highest BCUT2D eigenvalue weighted by molar-refractivity contribution is 7.20. The quantitative estimate of drug-likeness (QED) is 0.352. The Morgan fingerprint density at radius 1 is 1.08 bits per heavy atom. The van der Waals surface area contributed by atoms with Gasteiger partial charge in [0.1, 0.15) is 18.2 Å². The predicted octanol–water partition coefficient (Wildman–Crippen LogP) is 2.97. The van der Waals surface area contributed by atoms with E-state index in [4.69, 9.17) is 9.94 Å². The molecule has 0 saturated heterocycles. The number of nitrogens with one attached hydrogen (secondary N) is 2. The van der Waals surface area contributed by atoms with Crippen molar-refractivity contribution < 1.29 is 23.9 Å². The van der Waals surface area contributed by atoms with Crippen molar-refractivity contribution in [2.45, 2.75) is 0 Å². The van der Waals surface area contributed by atoms with E-state index in [9.17, 15) is 14.0 Å². The number of benzene rings is 2. The van der Waals surface area contributed by atoms with E-state index in [-0.39, 0.29) is 18.3 Å². The summed E-state index contributed by atoms with van der Waals surface area (Å²) in [6.45, 7) is 0.539. The van der Waals surface area contributed by atoms with Crippen LogP contribution in [-0.4, -0.2) is 30.2 Å². The monoisotopic (exact) mass is 374 g/mol. The van der Waals surface area contributed by atoms with Crippen LogP contribution in [0, 0.1) is 5.82 Å². The lowest BCUT2D eigenvalue weighted by Gasteiger charge is -2.07. The second-order valence-corrected chi connectivity index (χ2v) is 6.45. The fraction of sp³-hybridized carbons (Fsp3) is 0.111. The largest absolute Gasteiger partial charge is 0.492 e. The van der Waals surface area contributed by atoms with Gasteiger partial charge in [-0.05, 0) is 53.9 Å². The van der Waals surface area contributed by atoms with E-state index in [1.54, 1.807) is 29.7 Å². The van der Waals surface area contributed by atoms with Gasteiger partial charge < -0.3 is 10.1 Å². The zero-order valence-electron chi connectivity index (χ0n) is 13.5. The molecule has 0 fully saturated rings. The number of ether oxygens (including phenoxy) is 1. The van der Waals surface area contributed by atoms with Crippen LogP contribution in [0.25, 0.3) is 10.1 Å². The van der Waals surface area contributed by atoms with E-state index >= 15 is 0 Å². The molecule has 134 valence electrons. The molecule has 3 N–H and O–H groups in total. The highest BCUT2D eigenvalue weighted by atomic mass is 32.1. The molecule has 26 heavy (non-hydrogen) atoms. The molecule has 0 aliphatic rings. The van der Waals surface area contributed by atoms with Crippen molar-refractivity contribution >= 4 is 33.2 Å². The van der Waals surface area contributed by atoms with Gasteiger partial charge in [-0.25, -0.2) is 9.87 Å². The van der Waals surface area contributed by atoms with E-state index in [1.807, 2.05) is 0 Å². The molecule has 0 aliphatic heterocycles. The molecule has 0 aliphatic carbocycles. The second kappa shape index (κ2) is 7.94. The van der Waals surface area contributed by atoms with Gasteiger partial charge in [-0.1, -0.05) is 0 Å². The Morgan fingerprint density at radius 2 is 1.85 bits per heavy atom. The third kappa shape index (κ3) is 4.16. The van der Waals surface area contributed by atoms with E-state index in [0.29, 0.717) is 28.1 Å². The lowest BCUT2D eigenvalue weighted by molar-refractivity contribution is 0.0706. The Bertz CT molecular complexity index is 940. The maximum atomic E-state index is 13.2.